The van der Waals surface area contributed by atoms with Crippen molar-refractivity contribution in [2.75, 3.05) is 20.6 Å². The number of aryl methyl sites for hydroxylation is 2. The molecule has 8 nitrogen and oxygen atoms in total. The highest BCUT2D eigenvalue weighted by Crippen LogP contribution is 2.27. The van der Waals surface area contributed by atoms with Crippen LogP contribution in [0, 0.1) is 13.8 Å². The zero-order valence-corrected chi connectivity index (χ0v) is 18.8. The molecule has 31 heavy (non-hydrogen) atoms. The van der Waals surface area contributed by atoms with Gasteiger partial charge >= 0.3 is 0 Å². The fraction of sp³-hybridized carbons (Fsp3) is 0.391. The van der Waals surface area contributed by atoms with Crippen LogP contribution in [0.5, 0.6) is 0 Å². The first-order chi connectivity index (χ1) is 15.0. The second-order valence-corrected chi connectivity index (χ2v) is 8.07. The maximum atomic E-state index is 5.53. The maximum Gasteiger partial charge on any atom is 0.192 e. The first kappa shape index (κ1) is 21.0. The van der Waals surface area contributed by atoms with Crippen LogP contribution < -0.4 is 0 Å². The highest BCUT2D eigenvalue weighted by Gasteiger charge is 2.18. The number of hydrogen-bond donors (Lipinski definition) is 0. The van der Waals surface area contributed by atoms with Gasteiger partial charge in [-0.1, -0.05) is 35.5 Å². The number of fused-ring (bicyclic) bond motifs is 3. The van der Waals surface area contributed by atoms with Crippen LogP contribution in [-0.4, -0.2) is 55.4 Å². The Morgan fingerprint density at radius 1 is 1.13 bits per heavy atom. The van der Waals surface area contributed by atoms with Gasteiger partial charge in [-0.05, 0) is 59.0 Å². The normalized spacial score (nSPS) is 12.4. The lowest BCUT2D eigenvalue weighted by Crippen LogP contribution is -2.15. The molecule has 0 aliphatic rings. The Morgan fingerprint density at radius 2 is 1.90 bits per heavy atom. The molecule has 0 amide bonds. The summed E-state index contributed by atoms with van der Waals surface area (Å²) in [5.74, 6) is 0.580. The van der Waals surface area contributed by atoms with Crippen LogP contribution in [0.2, 0.25) is 0 Å². The summed E-state index contributed by atoms with van der Waals surface area (Å²) in [5, 5.41) is 9.79. The van der Waals surface area contributed by atoms with Gasteiger partial charge in [0.05, 0.1) is 11.1 Å². The molecule has 1 aromatic carbocycles. The average Bonchev–Trinajstić information content (AvgIpc) is 3.28. The van der Waals surface area contributed by atoms with E-state index in [0.717, 1.165) is 47.5 Å². The third kappa shape index (κ3) is 4.29. The van der Waals surface area contributed by atoms with E-state index in [2.05, 4.69) is 47.7 Å². The van der Waals surface area contributed by atoms with Crippen LogP contribution in [0.3, 0.4) is 0 Å². The minimum Gasteiger partial charge on any atom is -0.387 e. The molecule has 4 aromatic rings. The molecule has 162 valence electrons. The Balaban J connectivity index is 1.58. The van der Waals surface area contributed by atoms with Crippen molar-refractivity contribution in [2.45, 2.75) is 40.3 Å². The molecule has 0 fully saturated rings. The van der Waals surface area contributed by atoms with E-state index in [1.807, 2.05) is 37.3 Å². The van der Waals surface area contributed by atoms with Crippen molar-refractivity contribution in [1.29, 1.82) is 0 Å². The van der Waals surface area contributed by atoms with E-state index < -0.39 is 0 Å². The molecule has 0 saturated carbocycles. The number of hydrogen-bond acceptors (Lipinski definition) is 6. The van der Waals surface area contributed by atoms with E-state index in [0.29, 0.717) is 5.82 Å². The molecule has 0 unspecified atom stereocenters. The van der Waals surface area contributed by atoms with Gasteiger partial charge in [0.25, 0.3) is 0 Å². The highest BCUT2D eigenvalue weighted by molar-refractivity contribution is 5.98. The van der Waals surface area contributed by atoms with Gasteiger partial charge in [-0.2, -0.15) is 0 Å². The summed E-state index contributed by atoms with van der Waals surface area (Å²) in [6.45, 7) is 8.36. The van der Waals surface area contributed by atoms with Gasteiger partial charge in [-0.15, -0.1) is 5.10 Å². The van der Waals surface area contributed by atoms with Crippen molar-refractivity contribution < 1.29 is 4.84 Å². The Labute approximate surface area is 182 Å². The van der Waals surface area contributed by atoms with Gasteiger partial charge in [0.15, 0.2) is 18.1 Å². The van der Waals surface area contributed by atoms with Crippen LogP contribution >= 0.6 is 0 Å². The zero-order chi connectivity index (χ0) is 22.0. The molecular weight excluding hydrogens is 390 g/mol. The van der Waals surface area contributed by atoms with E-state index in [9.17, 15) is 0 Å². The number of nitrogens with zero attached hydrogens (tertiary/aromatic N) is 7. The molecule has 0 radical (unpaired) electrons. The van der Waals surface area contributed by atoms with Crippen LogP contribution in [0.1, 0.15) is 36.0 Å². The Hall–Kier alpha value is -3.26. The third-order valence-corrected chi connectivity index (χ3v) is 5.56. The van der Waals surface area contributed by atoms with E-state index in [-0.39, 0.29) is 6.61 Å². The number of benzene rings is 1. The lowest BCUT2D eigenvalue weighted by molar-refractivity contribution is 0.125. The monoisotopic (exact) mass is 419 g/mol. The number of oxime groups is 1. The van der Waals surface area contributed by atoms with E-state index in [1.165, 1.54) is 11.3 Å². The van der Waals surface area contributed by atoms with Crippen molar-refractivity contribution in [2.24, 2.45) is 5.16 Å². The van der Waals surface area contributed by atoms with E-state index in [1.54, 1.807) is 10.8 Å². The second kappa shape index (κ2) is 8.85. The molecule has 0 aliphatic carbocycles. The van der Waals surface area contributed by atoms with Crippen molar-refractivity contribution in [3.8, 4) is 0 Å². The summed E-state index contributed by atoms with van der Waals surface area (Å²) in [5.41, 5.74) is 6.01. The molecule has 4 rings (SSSR count). The van der Waals surface area contributed by atoms with Gasteiger partial charge in [0.1, 0.15) is 12.0 Å². The largest absolute Gasteiger partial charge is 0.387 e. The standard InChI is InChI=1S/C23H29N7O/c1-16-18(3)29(13-9-12-28(4)5)22-21(16)23-25-20(26-30(23)15-24-22)14-31-27-17(2)19-10-7-6-8-11-19/h6-8,10-11,15H,9,12-14H2,1-5H3/b27-17-. The predicted molar refractivity (Wildman–Crippen MR) is 122 cm³/mol. The molecular formula is C23H29N7O. The fourth-order valence-electron chi connectivity index (χ4n) is 3.77. The van der Waals surface area contributed by atoms with Crippen LogP contribution in [0.15, 0.2) is 41.8 Å². The molecule has 0 bridgehead atoms. The Bertz CT molecular complexity index is 1220. The van der Waals surface area contributed by atoms with Gasteiger partial charge in [0.2, 0.25) is 0 Å². The summed E-state index contributed by atoms with van der Waals surface area (Å²) in [6, 6.07) is 9.94. The lowest BCUT2D eigenvalue weighted by atomic mass is 10.1. The topological polar surface area (TPSA) is 72.8 Å². The Morgan fingerprint density at radius 3 is 2.65 bits per heavy atom. The molecule has 3 aromatic heterocycles. The maximum absolute atomic E-state index is 5.53. The minimum absolute atomic E-state index is 0.203. The SMILES string of the molecule is C/C(=N/OCc1nc2c3c(C)c(C)n(CCCN(C)C)c3ncn2n1)c1ccccc1. The van der Waals surface area contributed by atoms with Gasteiger partial charge < -0.3 is 14.3 Å². The average molecular weight is 420 g/mol. The van der Waals surface area contributed by atoms with Gasteiger partial charge in [0, 0.05) is 12.2 Å². The summed E-state index contributed by atoms with van der Waals surface area (Å²) in [4.78, 5) is 17.2. The van der Waals surface area contributed by atoms with Crippen LogP contribution in [0.4, 0.5) is 0 Å². The third-order valence-electron chi connectivity index (χ3n) is 5.56. The second-order valence-electron chi connectivity index (χ2n) is 8.07. The minimum atomic E-state index is 0.203. The zero-order valence-electron chi connectivity index (χ0n) is 18.8. The molecule has 3 heterocycles. The van der Waals surface area contributed by atoms with Crippen molar-refractivity contribution >= 4 is 22.4 Å². The molecule has 0 aliphatic heterocycles. The molecule has 8 heteroatoms. The highest BCUT2D eigenvalue weighted by atomic mass is 16.6. The fourth-order valence-corrected chi connectivity index (χ4v) is 3.77. The quantitative estimate of drug-likeness (QED) is 0.322. The van der Waals surface area contributed by atoms with Crippen LogP contribution in [0.25, 0.3) is 16.7 Å². The van der Waals surface area contributed by atoms with E-state index in [4.69, 9.17) is 14.8 Å². The summed E-state index contributed by atoms with van der Waals surface area (Å²) >= 11 is 0. The molecule has 0 saturated heterocycles. The molecule has 0 N–H and O–H groups in total. The smallest absolute Gasteiger partial charge is 0.192 e. The summed E-state index contributed by atoms with van der Waals surface area (Å²) in [6.07, 6.45) is 2.79. The summed E-state index contributed by atoms with van der Waals surface area (Å²) in [7, 11) is 4.19. The lowest BCUT2D eigenvalue weighted by Gasteiger charge is -2.11. The van der Waals surface area contributed by atoms with Crippen molar-refractivity contribution in [3.63, 3.8) is 0 Å². The summed E-state index contributed by atoms with van der Waals surface area (Å²) < 4.78 is 4.01. The first-order valence-corrected chi connectivity index (χ1v) is 10.5. The number of rotatable bonds is 8. The Kier molecular flexibility index (Phi) is 5.99. The molecule has 0 spiro atoms. The van der Waals surface area contributed by atoms with E-state index >= 15 is 0 Å². The predicted octanol–water partition coefficient (Wildman–Crippen LogP) is 3.59. The van der Waals surface area contributed by atoms with Crippen molar-refractivity contribution in [1.82, 2.24) is 29.0 Å². The number of aromatic nitrogens is 5. The molecule has 0 atom stereocenters. The first-order valence-electron chi connectivity index (χ1n) is 10.5. The van der Waals surface area contributed by atoms with Gasteiger partial charge in [-0.25, -0.2) is 14.5 Å². The van der Waals surface area contributed by atoms with Crippen LogP contribution in [-0.2, 0) is 18.0 Å². The van der Waals surface area contributed by atoms with Crippen molar-refractivity contribution in [3.05, 3.63) is 59.3 Å². The van der Waals surface area contributed by atoms with Gasteiger partial charge in [-0.3, -0.25) is 0 Å².